The lowest BCUT2D eigenvalue weighted by Gasteiger charge is -2.37. The molecule has 8 nitrogen and oxygen atoms in total. The number of halogens is 2. The minimum absolute atomic E-state index is 0.113. The Bertz CT molecular complexity index is 931. The van der Waals surface area contributed by atoms with Gasteiger partial charge in [-0.25, -0.2) is 9.59 Å². The van der Waals surface area contributed by atoms with Gasteiger partial charge in [0.2, 0.25) is 0 Å². The van der Waals surface area contributed by atoms with E-state index in [4.69, 9.17) is 27.9 Å². The molecule has 1 N–H and O–H groups in total. The van der Waals surface area contributed by atoms with Crippen molar-refractivity contribution in [1.82, 2.24) is 15.0 Å². The van der Waals surface area contributed by atoms with E-state index in [9.17, 15) is 9.59 Å². The molecule has 2 fully saturated rings. The van der Waals surface area contributed by atoms with Crippen molar-refractivity contribution >= 4 is 35.2 Å². The molecular formula is C19H22Cl2N4O4. The Labute approximate surface area is 177 Å². The predicted octanol–water partition coefficient (Wildman–Crippen LogP) is 3.65. The van der Waals surface area contributed by atoms with E-state index in [-0.39, 0.29) is 24.0 Å². The van der Waals surface area contributed by atoms with Crippen LogP contribution in [0.25, 0.3) is 0 Å². The highest BCUT2D eigenvalue weighted by molar-refractivity contribution is 6.42. The van der Waals surface area contributed by atoms with Gasteiger partial charge in [-0.3, -0.25) is 14.4 Å². The lowest BCUT2D eigenvalue weighted by atomic mass is 9.89. The Balaban J connectivity index is 1.54. The van der Waals surface area contributed by atoms with Crippen molar-refractivity contribution in [3.05, 3.63) is 44.4 Å². The third-order valence-electron chi connectivity index (χ3n) is 5.46. The second kappa shape index (κ2) is 8.77. The molecule has 2 aliphatic rings. The fourth-order valence-corrected chi connectivity index (χ4v) is 4.32. The van der Waals surface area contributed by atoms with E-state index in [2.05, 4.69) is 14.7 Å². The molecule has 0 spiro atoms. The van der Waals surface area contributed by atoms with Crippen molar-refractivity contribution in [1.29, 1.82) is 0 Å². The van der Waals surface area contributed by atoms with Crippen LogP contribution in [0.5, 0.6) is 0 Å². The van der Waals surface area contributed by atoms with Gasteiger partial charge >= 0.3 is 11.8 Å². The maximum Gasteiger partial charge on any atom is 0.440 e. The number of anilines is 1. The summed E-state index contributed by atoms with van der Waals surface area (Å²) in [6, 6.07) is 5.45. The first-order chi connectivity index (χ1) is 14.0. The van der Waals surface area contributed by atoms with Gasteiger partial charge in [0.25, 0.3) is 5.95 Å². The summed E-state index contributed by atoms with van der Waals surface area (Å²) in [5.74, 6) is -0.438. The van der Waals surface area contributed by atoms with Crippen LogP contribution >= 0.6 is 23.2 Å². The molecule has 1 aromatic heterocycles. The molecule has 156 valence electrons. The second-order valence-electron chi connectivity index (χ2n) is 7.34. The van der Waals surface area contributed by atoms with Crippen molar-refractivity contribution in [2.24, 2.45) is 0 Å². The Morgan fingerprint density at radius 2 is 2.00 bits per heavy atom. The van der Waals surface area contributed by atoms with Crippen molar-refractivity contribution in [2.45, 2.75) is 37.7 Å². The van der Waals surface area contributed by atoms with Crippen LogP contribution in [0.4, 0.5) is 10.7 Å². The number of nitrogens with one attached hydrogen (secondary N) is 1. The van der Waals surface area contributed by atoms with Crippen LogP contribution in [0.1, 0.15) is 37.2 Å². The third kappa shape index (κ3) is 4.44. The average Bonchev–Trinajstić information content (AvgIpc) is 3.00. The summed E-state index contributed by atoms with van der Waals surface area (Å²) in [5, 5.41) is 4.68. The topological polar surface area (TPSA) is 91.7 Å². The van der Waals surface area contributed by atoms with E-state index in [1.165, 1.54) is 4.90 Å². The van der Waals surface area contributed by atoms with E-state index in [1.54, 1.807) is 11.0 Å². The molecule has 0 saturated carbocycles. The maximum absolute atomic E-state index is 13.0. The van der Waals surface area contributed by atoms with E-state index in [1.807, 2.05) is 12.1 Å². The van der Waals surface area contributed by atoms with Crippen molar-refractivity contribution in [3.63, 3.8) is 0 Å². The molecule has 0 unspecified atom stereocenters. The van der Waals surface area contributed by atoms with Gasteiger partial charge < -0.3 is 9.64 Å². The van der Waals surface area contributed by atoms with Crippen LogP contribution in [0.2, 0.25) is 10.0 Å². The number of aromatic amines is 1. The van der Waals surface area contributed by atoms with Crippen LogP contribution in [0, 0.1) is 0 Å². The fraction of sp³-hybridized carbons (Fsp3) is 0.526. The number of amides is 2. The van der Waals surface area contributed by atoms with Gasteiger partial charge in [0.05, 0.1) is 16.1 Å². The summed E-state index contributed by atoms with van der Waals surface area (Å²) in [6.45, 7) is 2.19. The maximum atomic E-state index is 13.0. The van der Waals surface area contributed by atoms with Crippen LogP contribution in [0.15, 0.2) is 27.5 Å². The van der Waals surface area contributed by atoms with Gasteiger partial charge in [0.1, 0.15) is 0 Å². The molecule has 4 rings (SSSR count). The number of hydrogen-bond acceptors (Lipinski definition) is 5. The second-order valence-corrected chi connectivity index (χ2v) is 8.15. The summed E-state index contributed by atoms with van der Waals surface area (Å²) in [5.41, 5.74) is 1.06. The Morgan fingerprint density at radius 3 is 2.76 bits per heavy atom. The van der Waals surface area contributed by atoms with Crippen LogP contribution in [-0.2, 0) is 4.74 Å². The molecule has 0 bridgehead atoms. The van der Waals surface area contributed by atoms with Crippen molar-refractivity contribution < 1.29 is 14.1 Å². The minimum atomic E-state index is -0.684. The van der Waals surface area contributed by atoms with Gasteiger partial charge in [-0.1, -0.05) is 35.7 Å². The summed E-state index contributed by atoms with van der Waals surface area (Å²) in [7, 11) is 0. The highest BCUT2D eigenvalue weighted by Gasteiger charge is 2.34. The van der Waals surface area contributed by atoms with Gasteiger partial charge in [-0.15, -0.1) is 0 Å². The highest BCUT2D eigenvalue weighted by atomic mass is 35.5. The lowest BCUT2D eigenvalue weighted by molar-refractivity contribution is 0.0253. The first-order valence-corrected chi connectivity index (χ1v) is 10.5. The number of ether oxygens (including phenoxy) is 1. The molecule has 0 radical (unpaired) electrons. The zero-order valence-corrected chi connectivity index (χ0v) is 17.3. The smallest absolute Gasteiger partial charge is 0.376 e. The van der Waals surface area contributed by atoms with E-state index >= 15 is 0 Å². The molecule has 3 heterocycles. The quantitative estimate of drug-likeness (QED) is 0.782. The number of carbonyl (C=O) groups excluding carboxylic acids is 1. The van der Waals surface area contributed by atoms with Crippen molar-refractivity contribution in [3.8, 4) is 0 Å². The van der Waals surface area contributed by atoms with Crippen LogP contribution in [0.3, 0.4) is 0 Å². The number of nitrogens with zero attached hydrogens (tertiary/aromatic N) is 3. The summed E-state index contributed by atoms with van der Waals surface area (Å²) in [6.07, 6.45) is 3.57. The lowest BCUT2D eigenvalue weighted by Crippen LogP contribution is -2.53. The van der Waals surface area contributed by atoms with E-state index in [0.717, 1.165) is 31.2 Å². The molecule has 2 atom stereocenters. The zero-order chi connectivity index (χ0) is 20.4. The summed E-state index contributed by atoms with van der Waals surface area (Å²) < 4.78 is 10.7. The molecule has 2 aliphatic heterocycles. The monoisotopic (exact) mass is 440 g/mol. The molecular weight excluding hydrogens is 419 g/mol. The number of rotatable bonds is 4. The highest BCUT2D eigenvalue weighted by Crippen LogP contribution is 2.34. The molecule has 2 saturated heterocycles. The van der Waals surface area contributed by atoms with Gasteiger partial charge in [-0.2, -0.15) is 0 Å². The molecule has 1 aromatic carbocycles. The van der Waals surface area contributed by atoms with Gasteiger partial charge in [0.15, 0.2) is 0 Å². The number of hydrogen-bond donors (Lipinski definition) is 1. The first-order valence-electron chi connectivity index (χ1n) is 9.72. The number of urea groups is 1. The van der Waals surface area contributed by atoms with Gasteiger partial charge in [-0.05, 0) is 42.1 Å². The Hall–Kier alpha value is -2.03. The average molecular weight is 441 g/mol. The zero-order valence-electron chi connectivity index (χ0n) is 15.8. The van der Waals surface area contributed by atoms with E-state index < -0.39 is 5.76 Å². The minimum Gasteiger partial charge on any atom is -0.376 e. The SMILES string of the molecule is O=C1N(C[C@H]2OCCCC[C@H]2c2ccc(Cl)c(Cl)c2)CCCN1c1noc(=O)[nH]1. The van der Waals surface area contributed by atoms with Gasteiger partial charge in [0, 0.05) is 32.2 Å². The number of benzene rings is 1. The summed E-state index contributed by atoms with van der Waals surface area (Å²) in [4.78, 5) is 29.9. The number of aromatic nitrogens is 2. The predicted molar refractivity (Wildman–Crippen MR) is 109 cm³/mol. The molecule has 2 aromatic rings. The van der Waals surface area contributed by atoms with Crippen LogP contribution in [-0.4, -0.2) is 53.4 Å². The Kier molecular flexibility index (Phi) is 6.12. The first kappa shape index (κ1) is 20.3. The third-order valence-corrected chi connectivity index (χ3v) is 6.20. The largest absolute Gasteiger partial charge is 0.440 e. The number of H-pyrrole nitrogens is 1. The number of carbonyl (C=O) groups is 1. The standard InChI is InChI=1S/C19H22Cl2N4O4/c20-14-6-5-12(10-15(14)21)13-4-1-2-9-28-16(13)11-24-7-3-8-25(19(24)27)17-22-18(26)29-23-17/h5-6,10,13,16H,1-4,7-9,11H2,(H,22,23,26)/t13-,16+/m0/s1. The molecule has 0 aliphatic carbocycles. The molecule has 29 heavy (non-hydrogen) atoms. The normalized spacial score (nSPS) is 23.3. The van der Waals surface area contributed by atoms with Crippen LogP contribution < -0.4 is 10.7 Å². The van der Waals surface area contributed by atoms with Crippen molar-refractivity contribution in [2.75, 3.05) is 31.1 Å². The fourth-order valence-electron chi connectivity index (χ4n) is 4.01. The molecule has 2 amide bonds. The Morgan fingerprint density at radius 1 is 1.14 bits per heavy atom. The van der Waals surface area contributed by atoms with E-state index in [0.29, 0.717) is 36.3 Å². The summed E-state index contributed by atoms with van der Waals surface area (Å²) >= 11 is 12.3. The molecule has 10 heteroatoms.